The van der Waals surface area contributed by atoms with Gasteiger partial charge in [-0.25, -0.2) is 0 Å². The quantitative estimate of drug-likeness (QED) is 0.620. The maximum Gasteiger partial charge on any atom is 0.0352 e. The first-order valence-corrected chi connectivity index (χ1v) is 6.47. The van der Waals surface area contributed by atoms with Crippen LogP contribution in [0.5, 0.6) is 0 Å². The highest BCUT2D eigenvalue weighted by Crippen LogP contribution is 2.42. The number of hydrogen-bond donors (Lipinski definition) is 0. The smallest absolute Gasteiger partial charge is 0.0352 e. The van der Waals surface area contributed by atoms with Crippen LogP contribution < -0.4 is 0 Å². The van der Waals surface area contributed by atoms with E-state index < -0.39 is 0 Å². The standard InChI is InChI=1S/C16H24/c1-16(2,3)15-11-9-14(10-12-15)13-7-5-4-6-8-13/h4-8,14-15H,9-12H2,1-3H3/i14D. The molecule has 1 aliphatic rings. The van der Waals surface area contributed by atoms with Crippen LogP contribution in [0.15, 0.2) is 30.3 Å². The lowest BCUT2D eigenvalue weighted by molar-refractivity contribution is 0.169. The van der Waals surface area contributed by atoms with Gasteiger partial charge < -0.3 is 0 Å². The Kier molecular flexibility index (Phi) is 2.99. The van der Waals surface area contributed by atoms with Gasteiger partial charge in [-0.2, -0.15) is 0 Å². The molecule has 0 heterocycles. The van der Waals surface area contributed by atoms with Crippen molar-refractivity contribution in [2.45, 2.75) is 52.3 Å². The second-order valence-electron chi connectivity index (χ2n) is 6.11. The normalized spacial score (nSPS) is 32.2. The Labute approximate surface area is 101 Å². The second kappa shape index (κ2) is 4.61. The average molecular weight is 217 g/mol. The Hall–Kier alpha value is -0.780. The molecule has 0 radical (unpaired) electrons. The zero-order chi connectivity index (χ0) is 12.5. The molecule has 1 saturated carbocycles. The molecule has 88 valence electrons. The molecule has 16 heavy (non-hydrogen) atoms. The molecule has 1 aromatic carbocycles. The Morgan fingerprint density at radius 1 is 1.00 bits per heavy atom. The second-order valence-corrected chi connectivity index (χ2v) is 6.11. The third-order valence-electron chi connectivity index (χ3n) is 4.00. The van der Waals surface area contributed by atoms with E-state index in [0.29, 0.717) is 5.41 Å². The highest BCUT2D eigenvalue weighted by molar-refractivity contribution is 5.19. The van der Waals surface area contributed by atoms with Crippen molar-refractivity contribution in [1.82, 2.24) is 0 Å². The van der Waals surface area contributed by atoms with E-state index in [-0.39, 0.29) is 5.89 Å². The molecule has 0 unspecified atom stereocenters. The summed E-state index contributed by atoms with van der Waals surface area (Å²) in [6.45, 7) is 6.99. The summed E-state index contributed by atoms with van der Waals surface area (Å²) in [6, 6.07) is 10.4. The predicted molar refractivity (Wildman–Crippen MR) is 70.6 cm³/mol. The molecule has 1 aromatic rings. The number of benzene rings is 1. The van der Waals surface area contributed by atoms with Crippen molar-refractivity contribution in [3.8, 4) is 0 Å². The fraction of sp³-hybridized carbons (Fsp3) is 0.625. The molecular weight excluding hydrogens is 192 g/mol. The molecule has 0 amide bonds. The van der Waals surface area contributed by atoms with Crippen LogP contribution in [0.3, 0.4) is 0 Å². The van der Waals surface area contributed by atoms with Crippen LogP contribution in [0, 0.1) is 11.3 Å². The molecule has 1 aliphatic carbocycles. The fourth-order valence-corrected chi connectivity index (χ4v) is 2.79. The third kappa shape index (κ3) is 2.66. The average Bonchev–Trinajstić information content (AvgIpc) is 2.29. The highest BCUT2D eigenvalue weighted by atomic mass is 14.3. The minimum Gasteiger partial charge on any atom is -0.0622 e. The van der Waals surface area contributed by atoms with E-state index in [1.54, 1.807) is 0 Å². The van der Waals surface area contributed by atoms with E-state index in [0.717, 1.165) is 18.8 Å². The van der Waals surface area contributed by atoms with Gasteiger partial charge in [-0.1, -0.05) is 51.1 Å². The molecule has 0 aromatic heterocycles. The van der Waals surface area contributed by atoms with Crippen LogP contribution in [0.4, 0.5) is 0 Å². The van der Waals surface area contributed by atoms with Gasteiger partial charge in [-0.3, -0.25) is 0 Å². The summed E-state index contributed by atoms with van der Waals surface area (Å²) in [5.74, 6) is 0.452. The molecule has 0 spiro atoms. The molecule has 0 heteroatoms. The Morgan fingerprint density at radius 3 is 2.06 bits per heavy atom. The predicted octanol–water partition coefficient (Wildman–Crippen LogP) is 5.01. The number of hydrogen-bond acceptors (Lipinski definition) is 0. The Balaban J connectivity index is 2.08. The summed E-state index contributed by atoms with van der Waals surface area (Å²) in [5.41, 5.74) is 1.60. The van der Waals surface area contributed by atoms with Crippen LogP contribution in [-0.2, 0) is 0 Å². The van der Waals surface area contributed by atoms with Crippen molar-refractivity contribution in [3.05, 3.63) is 35.9 Å². The molecule has 2 rings (SSSR count). The first-order valence-electron chi connectivity index (χ1n) is 6.97. The molecule has 0 nitrogen and oxygen atoms in total. The van der Waals surface area contributed by atoms with Gasteiger partial charge in [-0.05, 0) is 48.5 Å². The van der Waals surface area contributed by atoms with E-state index in [9.17, 15) is 0 Å². The van der Waals surface area contributed by atoms with Crippen molar-refractivity contribution >= 4 is 0 Å². The van der Waals surface area contributed by atoms with Crippen LogP contribution in [0.2, 0.25) is 0 Å². The van der Waals surface area contributed by atoms with Gasteiger partial charge in [0.1, 0.15) is 0 Å². The molecule has 0 atom stereocenters. The third-order valence-corrected chi connectivity index (χ3v) is 4.00. The van der Waals surface area contributed by atoms with Crippen LogP contribution in [0.25, 0.3) is 0 Å². The topological polar surface area (TPSA) is 0 Å². The highest BCUT2D eigenvalue weighted by Gasteiger charge is 2.29. The van der Waals surface area contributed by atoms with Gasteiger partial charge in [0.2, 0.25) is 0 Å². The van der Waals surface area contributed by atoms with Gasteiger partial charge in [0.05, 0.1) is 0 Å². The van der Waals surface area contributed by atoms with Crippen LogP contribution >= 0.6 is 0 Å². The number of rotatable bonds is 1. The van der Waals surface area contributed by atoms with Gasteiger partial charge >= 0.3 is 0 Å². The maximum absolute atomic E-state index is 8.66. The lowest BCUT2D eigenvalue weighted by Crippen LogP contribution is -2.25. The molecule has 0 aliphatic heterocycles. The van der Waals surface area contributed by atoms with Crippen LogP contribution in [0.1, 0.15) is 59.3 Å². The molecule has 0 N–H and O–H groups in total. The lowest BCUT2D eigenvalue weighted by atomic mass is 9.69. The van der Waals surface area contributed by atoms with Gasteiger partial charge in [0.15, 0.2) is 0 Å². The lowest BCUT2D eigenvalue weighted by Gasteiger charge is -2.37. The van der Waals surface area contributed by atoms with Crippen LogP contribution in [-0.4, -0.2) is 0 Å². The van der Waals surface area contributed by atoms with E-state index in [2.05, 4.69) is 45.0 Å². The zero-order valence-corrected chi connectivity index (χ0v) is 10.8. The Morgan fingerprint density at radius 2 is 1.56 bits per heavy atom. The molecular formula is C16H24. The molecule has 1 fully saturated rings. The maximum atomic E-state index is 8.66. The summed E-state index contributed by atoms with van der Waals surface area (Å²) in [7, 11) is 0. The summed E-state index contributed by atoms with van der Waals surface area (Å²) < 4.78 is 8.66. The van der Waals surface area contributed by atoms with E-state index in [1.165, 1.54) is 18.4 Å². The first kappa shape index (κ1) is 10.4. The minimum atomic E-state index is -0.330. The monoisotopic (exact) mass is 217 g/mol. The van der Waals surface area contributed by atoms with Gasteiger partial charge in [0.25, 0.3) is 0 Å². The van der Waals surface area contributed by atoms with Crippen molar-refractivity contribution in [2.75, 3.05) is 0 Å². The van der Waals surface area contributed by atoms with E-state index in [4.69, 9.17) is 1.37 Å². The molecule has 0 saturated heterocycles. The Bertz CT molecular complexity index is 353. The fourth-order valence-electron chi connectivity index (χ4n) is 2.79. The van der Waals surface area contributed by atoms with E-state index in [1.807, 2.05) is 6.07 Å². The van der Waals surface area contributed by atoms with Crippen molar-refractivity contribution in [1.29, 1.82) is 0 Å². The minimum absolute atomic E-state index is 0.330. The SMILES string of the molecule is [2H]C1(c2ccccc2)CCC(C(C)(C)C)CC1. The summed E-state index contributed by atoms with van der Waals surface area (Å²) in [5, 5.41) is 0. The summed E-state index contributed by atoms with van der Waals surface area (Å²) >= 11 is 0. The van der Waals surface area contributed by atoms with Gasteiger partial charge in [-0.15, -0.1) is 0 Å². The van der Waals surface area contributed by atoms with Crippen molar-refractivity contribution in [3.63, 3.8) is 0 Å². The zero-order valence-electron chi connectivity index (χ0n) is 11.8. The summed E-state index contributed by atoms with van der Waals surface area (Å²) in [6.07, 6.45) is 4.42. The summed E-state index contributed by atoms with van der Waals surface area (Å²) in [4.78, 5) is 0. The molecule has 0 bridgehead atoms. The van der Waals surface area contributed by atoms with Crippen molar-refractivity contribution < 1.29 is 1.37 Å². The largest absolute Gasteiger partial charge is 0.0622 e. The van der Waals surface area contributed by atoms with E-state index >= 15 is 0 Å². The first-order chi connectivity index (χ1) is 7.92. The van der Waals surface area contributed by atoms with Gasteiger partial charge in [0, 0.05) is 1.37 Å². The van der Waals surface area contributed by atoms with Crippen molar-refractivity contribution in [2.24, 2.45) is 11.3 Å².